The Kier molecular flexibility index (Phi) is 1.54. The van der Waals surface area contributed by atoms with E-state index in [2.05, 4.69) is 24.9 Å². The second-order valence-corrected chi connectivity index (χ2v) is 3.60. The van der Waals surface area contributed by atoms with Gasteiger partial charge in [0.1, 0.15) is 11.8 Å². The first-order valence-electron chi connectivity index (χ1n) is 3.98. The zero-order chi connectivity index (χ0) is 9.38. The molecule has 0 amide bonds. The highest BCUT2D eigenvalue weighted by Crippen LogP contribution is 2.21. The smallest absolute Gasteiger partial charge is 0.181 e. The molecule has 0 saturated heterocycles. The van der Waals surface area contributed by atoms with Crippen LogP contribution in [-0.2, 0) is 0 Å². The number of aromatic nitrogens is 5. The zero-order valence-electron chi connectivity index (χ0n) is 7.01. The minimum absolute atomic E-state index is 0.684. The van der Waals surface area contributed by atoms with E-state index in [1.807, 2.05) is 0 Å². The lowest BCUT2D eigenvalue weighted by molar-refractivity contribution is 1.20. The van der Waals surface area contributed by atoms with Crippen molar-refractivity contribution in [3.8, 4) is 10.7 Å². The highest BCUT2D eigenvalue weighted by molar-refractivity contribution is 7.13. The first kappa shape index (κ1) is 7.57. The van der Waals surface area contributed by atoms with E-state index in [1.54, 1.807) is 17.9 Å². The Labute approximate surface area is 82.9 Å². The molecule has 1 N–H and O–H groups in total. The normalized spacial score (nSPS) is 10.9. The monoisotopic (exact) mass is 203 g/mol. The van der Waals surface area contributed by atoms with E-state index in [4.69, 9.17) is 0 Å². The van der Waals surface area contributed by atoms with Crippen LogP contribution in [0.3, 0.4) is 0 Å². The summed E-state index contributed by atoms with van der Waals surface area (Å²) in [6, 6.07) is 0. The largest absolute Gasteiger partial charge is 0.335 e. The maximum absolute atomic E-state index is 4.32. The van der Waals surface area contributed by atoms with Gasteiger partial charge in [-0.25, -0.2) is 15.0 Å². The lowest BCUT2D eigenvalue weighted by atomic mass is 10.5. The summed E-state index contributed by atoms with van der Waals surface area (Å²) in [5.41, 5.74) is 3.30. The first-order chi connectivity index (χ1) is 6.93. The average Bonchev–Trinajstić information content (AvgIpc) is 2.86. The van der Waals surface area contributed by atoms with E-state index in [9.17, 15) is 0 Å². The van der Waals surface area contributed by atoms with Gasteiger partial charge in [-0.3, -0.25) is 4.98 Å². The summed E-state index contributed by atoms with van der Waals surface area (Å²) in [6.45, 7) is 0. The Morgan fingerprint density at radius 3 is 3.00 bits per heavy atom. The summed E-state index contributed by atoms with van der Waals surface area (Å²) in [4.78, 5) is 20.4. The van der Waals surface area contributed by atoms with Gasteiger partial charge in [0.15, 0.2) is 11.5 Å². The Hall–Kier alpha value is -1.82. The molecule has 0 radical (unpaired) electrons. The molecule has 0 fully saturated rings. The number of hydrogen-bond acceptors (Lipinski definition) is 5. The molecule has 6 heteroatoms. The van der Waals surface area contributed by atoms with Gasteiger partial charge in [0, 0.05) is 6.20 Å². The Balaban J connectivity index is 2.24. The van der Waals surface area contributed by atoms with E-state index in [0.717, 1.165) is 16.2 Å². The zero-order valence-corrected chi connectivity index (χ0v) is 7.82. The van der Waals surface area contributed by atoms with E-state index in [-0.39, 0.29) is 0 Å². The summed E-state index contributed by atoms with van der Waals surface area (Å²) < 4.78 is 0. The summed E-state index contributed by atoms with van der Waals surface area (Å²) in [6.07, 6.45) is 4.97. The van der Waals surface area contributed by atoms with Crippen LogP contribution in [0.1, 0.15) is 0 Å². The number of aromatic amines is 1. The lowest BCUT2D eigenvalue weighted by Crippen LogP contribution is -1.76. The molecule has 0 saturated carbocycles. The molecule has 3 aromatic rings. The molecular weight excluding hydrogens is 198 g/mol. The van der Waals surface area contributed by atoms with Crippen molar-refractivity contribution in [1.29, 1.82) is 0 Å². The highest BCUT2D eigenvalue weighted by atomic mass is 32.1. The Bertz CT molecular complexity index is 523. The number of H-pyrrole nitrogens is 1. The molecule has 0 atom stereocenters. The van der Waals surface area contributed by atoms with Gasteiger partial charge < -0.3 is 4.98 Å². The Morgan fingerprint density at radius 2 is 2.21 bits per heavy atom. The summed E-state index contributed by atoms with van der Waals surface area (Å²) in [5, 5.41) is 0. The van der Waals surface area contributed by atoms with Crippen molar-refractivity contribution >= 4 is 22.5 Å². The topological polar surface area (TPSA) is 67.3 Å². The van der Waals surface area contributed by atoms with E-state index >= 15 is 0 Å². The highest BCUT2D eigenvalue weighted by Gasteiger charge is 2.06. The maximum atomic E-state index is 4.32. The van der Waals surface area contributed by atoms with Crippen molar-refractivity contribution in [2.75, 3.05) is 0 Å². The van der Waals surface area contributed by atoms with Gasteiger partial charge >= 0.3 is 0 Å². The number of nitrogens with one attached hydrogen (secondary N) is 1. The molecule has 5 nitrogen and oxygen atoms in total. The minimum Gasteiger partial charge on any atom is -0.335 e. The molecule has 0 aromatic carbocycles. The quantitative estimate of drug-likeness (QED) is 0.650. The lowest BCUT2D eigenvalue weighted by Gasteiger charge is -1.84. The molecule has 0 aliphatic heterocycles. The van der Waals surface area contributed by atoms with Crippen LogP contribution in [0, 0.1) is 0 Å². The number of nitrogens with zero attached hydrogens (tertiary/aromatic N) is 4. The first-order valence-corrected chi connectivity index (χ1v) is 4.86. The van der Waals surface area contributed by atoms with Gasteiger partial charge in [0.25, 0.3) is 0 Å². The molecule has 0 aliphatic carbocycles. The van der Waals surface area contributed by atoms with Crippen molar-refractivity contribution < 1.29 is 0 Å². The SMILES string of the molecule is c1ncc2[nH]c(-c3cncs3)nc2n1. The Morgan fingerprint density at radius 1 is 1.21 bits per heavy atom. The van der Waals surface area contributed by atoms with Crippen molar-refractivity contribution in [3.05, 3.63) is 24.2 Å². The van der Waals surface area contributed by atoms with Gasteiger partial charge in [0.05, 0.1) is 16.6 Å². The number of hydrogen-bond donors (Lipinski definition) is 1. The fourth-order valence-corrected chi connectivity index (χ4v) is 1.78. The summed E-state index contributed by atoms with van der Waals surface area (Å²) in [5.74, 6) is 0.794. The van der Waals surface area contributed by atoms with Crippen LogP contribution in [0.2, 0.25) is 0 Å². The molecule has 0 aliphatic rings. The predicted molar refractivity (Wildman–Crippen MR) is 52.8 cm³/mol. The van der Waals surface area contributed by atoms with Crippen molar-refractivity contribution in [2.24, 2.45) is 0 Å². The van der Waals surface area contributed by atoms with Gasteiger partial charge in [-0.2, -0.15) is 0 Å². The van der Waals surface area contributed by atoms with Crippen molar-refractivity contribution in [3.63, 3.8) is 0 Å². The number of rotatable bonds is 1. The molecular formula is C8H5N5S. The van der Waals surface area contributed by atoms with E-state index < -0.39 is 0 Å². The second-order valence-electron chi connectivity index (χ2n) is 2.71. The fourth-order valence-electron chi connectivity index (χ4n) is 1.21. The number of imidazole rings is 1. The standard InChI is InChI=1S/C8H5N5S/c1-5-7(11-3-9-1)13-8(12-5)6-2-10-4-14-6/h1-4H,(H,9,11,12,13). The molecule has 0 spiro atoms. The van der Waals surface area contributed by atoms with Crippen molar-refractivity contribution in [1.82, 2.24) is 24.9 Å². The molecule has 68 valence electrons. The van der Waals surface area contributed by atoms with Crippen LogP contribution >= 0.6 is 11.3 Å². The van der Waals surface area contributed by atoms with Crippen molar-refractivity contribution in [2.45, 2.75) is 0 Å². The molecule has 0 unspecified atom stereocenters. The van der Waals surface area contributed by atoms with Gasteiger partial charge in [0.2, 0.25) is 0 Å². The van der Waals surface area contributed by atoms with Crippen LogP contribution in [0.25, 0.3) is 21.9 Å². The van der Waals surface area contributed by atoms with Gasteiger partial charge in [-0.15, -0.1) is 11.3 Å². The molecule has 0 bridgehead atoms. The van der Waals surface area contributed by atoms with Crippen LogP contribution < -0.4 is 0 Å². The van der Waals surface area contributed by atoms with Crippen LogP contribution in [0.4, 0.5) is 0 Å². The van der Waals surface area contributed by atoms with Gasteiger partial charge in [-0.1, -0.05) is 0 Å². The fraction of sp³-hybridized carbons (Fsp3) is 0. The number of thiazole rings is 1. The third-order valence-corrected chi connectivity index (χ3v) is 2.61. The van der Waals surface area contributed by atoms with Gasteiger partial charge in [-0.05, 0) is 0 Å². The average molecular weight is 203 g/mol. The molecule has 3 rings (SSSR count). The summed E-state index contributed by atoms with van der Waals surface area (Å²) >= 11 is 1.54. The van der Waals surface area contributed by atoms with Crippen LogP contribution in [0.15, 0.2) is 24.2 Å². The molecule has 3 heterocycles. The molecule has 3 aromatic heterocycles. The summed E-state index contributed by atoms with van der Waals surface area (Å²) in [7, 11) is 0. The van der Waals surface area contributed by atoms with Crippen LogP contribution in [-0.4, -0.2) is 24.9 Å². The number of fused-ring (bicyclic) bond motifs is 1. The third kappa shape index (κ3) is 1.08. The molecule has 14 heavy (non-hydrogen) atoms. The van der Waals surface area contributed by atoms with E-state index in [1.165, 1.54) is 17.7 Å². The maximum Gasteiger partial charge on any atom is 0.181 e. The van der Waals surface area contributed by atoms with E-state index in [0.29, 0.717) is 5.65 Å². The predicted octanol–water partition coefficient (Wildman–Crippen LogP) is 1.48. The van der Waals surface area contributed by atoms with Crippen LogP contribution in [0.5, 0.6) is 0 Å². The second kappa shape index (κ2) is 2.85. The third-order valence-electron chi connectivity index (χ3n) is 1.83. The minimum atomic E-state index is 0.684.